The fourth-order valence-corrected chi connectivity index (χ4v) is 4.56. The van der Waals surface area contributed by atoms with Crippen LogP contribution in [0, 0.1) is 6.92 Å². The van der Waals surface area contributed by atoms with Crippen molar-refractivity contribution in [3.8, 4) is 5.95 Å². The molecule has 0 unspecified atom stereocenters. The van der Waals surface area contributed by atoms with E-state index in [9.17, 15) is 22.8 Å². The summed E-state index contributed by atoms with van der Waals surface area (Å²) >= 11 is 0.935. The Morgan fingerprint density at radius 3 is 2.67 bits per heavy atom. The smallest absolute Gasteiger partial charge is 0.345 e. The van der Waals surface area contributed by atoms with Gasteiger partial charge in [-0.1, -0.05) is 0 Å². The van der Waals surface area contributed by atoms with Crippen LogP contribution in [0.1, 0.15) is 21.7 Å². The minimum absolute atomic E-state index is 0.175. The first-order valence-electron chi connectivity index (χ1n) is 9.92. The molecule has 0 bridgehead atoms. The molecule has 5 rings (SSSR count). The van der Waals surface area contributed by atoms with Crippen molar-refractivity contribution in [3.63, 3.8) is 0 Å². The van der Waals surface area contributed by atoms with Crippen LogP contribution in [0.25, 0.3) is 11.5 Å². The summed E-state index contributed by atoms with van der Waals surface area (Å²) in [4.78, 5) is 35.0. The lowest BCUT2D eigenvalue weighted by molar-refractivity contribution is -0.140. The van der Waals surface area contributed by atoms with Crippen molar-refractivity contribution in [2.75, 3.05) is 31.1 Å². The summed E-state index contributed by atoms with van der Waals surface area (Å²) in [6.07, 6.45) is -1.42. The van der Waals surface area contributed by atoms with Gasteiger partial charge in [-0.3, -0.25) is 14.6 Å². The Labute approximate surface area is 187 Å². The molecule has 4 aromatic rings. The zero-order chi connectivity index (χ0) is 23.3. The van der Waals surface area contributed by atoms with Crippen molar-refractivity contribution in [1.29, 1.82) is 0 Å². The molecule has 1 N–H and O–H groups in total. The normalized spacial score (nSPS) is 14.9. The van der Waals surface area contributed by atoms with Crippen molar-refractivity contribution >= 4 is 27.9 Å². The maximum absolute atomic E-state index is 13.1. The first-order chi connectivity index (χ1) is 15.7. The van der Waals surface area contributed by atoms with Crippen LogP contribution < -0.4 is 10.5 Å². The molecule has 0 radical (unpaired) electrons. The maximum atomic E-state index is 13.1. The van der Waals surface area contributed by atoms with E-state index in [2.05, 4.69) is 20.2 Å². The highest BCUT2D eigenvalue weighted by Crippen LogP contribution is 2.33. The quantitative estimate of drug-likeness (QED) is 0.483. The molecule has 1 fully saturated rings. The fraction of sp³-hybridized carbons (Fsp3) is 0.316. The first kappa shape index (κ1) is 21.2. The predicted octanol–water partition coefficient (Wildman–Crippen LogP) is 1.95. The second kappa shape index (κ2) is 7.72. The van der Waals surface area contributed by atoms with Crippen LogP contribution in [0.15, 0.2) is 34.7 Å². The van der Waals surface area contributed by atoms with E-state index < -0.39 is 11.9 Å². The summed E-state index contributed by atoms with van der Waals surface area (Å²) in [5.74, 6) is -0.0767. The standard InChI is InChI=1S/C19H17F3N8O2S/c1-11-12(9-23-30(11)17-25-15(31)13-3-2-4-29(13)26-17)16(32)27-5-7-28(8-6-27)18-24-14(10-33-18)19(20,21)22/h2-4,9-10H,5-8H2,1H3,(H,25,26,31). The third kappa shape index (κ3) is 3.75. The SMILES string of the molecule is Cc1c(C(=O)N2CCN(c3nc(C(F)(F)F)cs3)CC2)cnn1-c1nn2cccc2c(=O)[nH]1. The topological polar surface area (TPSA) is 104 Å². The van der Waals surface area contributed by atoms with Gasteiger partial charge in [0.05, 0.1) is 17.5 Å². The van der Waals surface area contributed by atoms with Crippen LogP contribution in [0.4, 0.5) is 18.3 Å². The van der Waals surface area contributed by atoms with Gasteiger partial charge in [-0.25, -0.2) is 14.2 Å². The van der Waals surface area contributed by atoms with Gasteiger partial charge >= 0.3 is 6.18 Å². The summed E-state index contributed by atoms with van der Waals surface area (Å²) in [6.45, 7) is 3.08. The molecule has 0 saturated carbocycles. The minimum Gasteiger partial charge on any atom is -0.345 e. The molecule has 1 amide bonds. The van der Waals surface area contributed by atoms with Crippen molar-refractivity contribution in [3.05, 3.63) is 57.2 Å². The zero-order valence-electron chi connectivity index (χ0n) is 17.2. The third-order valence-corrected chi connectivity index (χ3v) is 6.35. The number of H-pyrrole nitrogens is 1. The van der Waals surface area contributed by atoms with Crippen LogP contribution in [-0.4, -0.2) is 66.3 Å². The number of nitrogens with zero attached hydrogens (tertiary/aromatic N) is 7. The highest BCUT2D eigenvalue weighted by Gasteiger charge is 2.35. The second-order valence-electron chi connectivity index (χ2n) is 7.46. The monoisotopic (exact) mass is 478 g/mol. The number of carbonyl (C=O) groups excluding carboxylic acids is 1. The average molecular weight is 478 g/mol. The molecule has 1 aliphatic heterocycles. The van der Waals surface area contributed by atoms with Gasteiger partial charge in [-0.05, 0) is 19.1 Å². The molecule has 0 spiro atoms. The number of thiazole rings is 1. The lowest BCUT2D eigenvalue weighted by atomic mass is 10.2. The third-order valence-electron chi connectivity index (χ3n) is 5.45. The van der Waals surface area contributed by atoms with E-state index in [4.69, 9.17) is 0 Å². The summed E-state index contributed by atoms with van der Waals surface area (Å²) in [5.41, 5.74) is 0.00742. The number of halogens is 3. The van der Waals surface area contributed by atoms with E-state index in [-0.39, 0.29) is 22.5 Å². The van der Waals surface area contributed by atoms with Gasteiger partial charge in [0.1, 0.15) is 5.52 Å². The highest BCUT2D eigenvalue weighted by atomic mass is 32.1. The molecule has 0 aromatic carbocycles. The number of aromatic amines is 1. The molecular weight excluding hydrogens is 461 g/mol. The van der Waals surface area contributed by atoms with Crippen molar-refractivity contribution < 1.29 is 18.0 Å². The fourth-order valence-electron chi connectivity index (χ4n) is 3.67. The molecular formula is C19H17F3N8O2S. The molecule has 0 atom stereocenters. The van der Waals surface area contributed by atoms with Crippen LogP contribution in [-0.2, 0) is 6.18 Å². The van der Waals surface area contributed by atoms with Gasteiger partial charge in [0.15, 0.2) is 10.8 Å². The van der Waals surface area contributed by atoms with E-state index in [1.165, 1.54) is 15.4 Å². The summed E-state index contributed by atoms with van der Waals surface area (Å²) in [5, 5.41) is 9.82. The van der Waals surface area contributed by atoms with Gasteiger partial charge < -0.3 is 9.80 Å². The van der Waals surface area contributed by atoms with Gasteiger partial charge in [0.2, 0.25) is 5.95 Å². The molecule has 0 aliphatic carbocycles. The average Bonchev–Trinajstić information content (AvgIpc) is 3.52. The zero-order valence-corrected chi connectivity index (χ0v) is 18.0. The number of amides is 1. The summed E-state index contributed by atoms with van der Waals surface area (Å²) < 4.78 is 41.2. The molecule has 14 heteroatoms. The van der Waals surface area contributed by atoms with Crippen LogP contribution >= 0.6 is 11.3 Å². The van der Waals surface area contributed by atoms with E-state index in [1.807, 2.05) is 0 Å². The lowest BCUT2D eigenvalue weighted by Crippen LogP contribution is -2.48. The van der Waals surface area contributed by atoms with Gasteiger partial charge in [0.25, 0.3) is 11.5 Å². The molecule has 4 aromatic heterocycles. The van der Waals surface area contributed by atoms with E-state index in [0.717, 1.165) is 16.7 Å². The van der Waals surface area contributed by atoms with Crippen molar-refractivity contribution in [2.24, 2.45) is 0 Å². The number of rotatable bonds is 3. The van der Waals surface area contributed by atoms with E-state index >= 15 is 0 Å². The Hall–Kier alpha value is -3.68. The Bertz CT molecular complexity index is 1390. The number of anilines is 1. The summed E-state index contributed by atoms with van der Waals surface area (Å²) in [6, 6.07) is 3.33. The van der Waals surface area contributed by atoms with Gasteiger partial charge in [-0.2, -0.15) is 18.3 Å². The number of fused-ring (bicyclic) bond motifs is 1. The van der Waals surface area contributed by atoms with Crippen molar-refractivity contribution in [1.82, 2.24) is 34.3 Å². The summed E-state index contributed by atoms with van der Waals surface area (Å²) in [7, 11) is 0. The Morgan fingerprint density at radius 2 is 1.97 bits per heavy atom. The predicted molar refractivity (Wildman–Crippen MR) is 113 cm³/mol. The van der Waals surface area contributed by atoms with Crippen LogP contribution in [0.5, 0.6) is 0 Å². The second-order valence-corrected chi connectivity index (χ2v) is 8.30. The van der Waals surface area contributed by atoms with E-state index in [0.29, 0.717) is 43.0 Å². The van der Waals surface area contributed by atoms with Crippen molar-refractivity contribution in [2.45, 2.75) is 13.1 Å². The molecule has 5 heterocycles. The number of hydrogen-bond acceptors (Lipinski definition) is 7. The van der Waals surface area contributed by atoms with Gasteiger partial charge in [0, 0.05) is 37.8 Å². The molecule has 10 nitrogen and oxygen atoms in total. The lowest BCUT2D eigenvalue weighted by Gasteiger charge is -2.34. The number of hydrogen-bond donors (Lipinski definition) is 1. The Kier molecular flexibility index (Phi) is 4.96. The number of alkyl halides is 3. The maximum Gasteiger partial charge on any atom is 0.434 e. The number of piperazine rings is 1. The minimum atomic E-state index is -4.48. The van der Waals surface area contributed by atoms with E-state index in [1.54, 1.807) is 35.1 Å². The number of nitrogens with one attached hydrogen (secondary N) is 1. The van der Waals surface area contributed by atoms with Crippen LogP contribution in [0.2, 0.25) is 0 Å². The van der Waals surface area contributed by atoms with Gasteiger partial charge in [-0.15, -0.1) is 16.4 Å². The molecule has 172 valence electrons. The van der Waals surface area contributed by atoms with Crippen LogP contribution in [0.3, 0.4) is 0 Å². The highest BCUT2D eigenvalue weighted by molar-refractivity contribution is 7.13. The molecule has 1 saturated heterocycles. The first-order valence-corrected chi connectivity index (χ1v) is 10.8. The molecule has 1 aliphatic rings. The number of carbonyl (C=O) groups is 1. The Balaban J connectivity index is 1.31. The largest absolute Gasteiger partial charge is 0.434 e. The molecule has 33 heavy (non-hydrogen) atoms. The Morgan fingerprint density at radius 1 is 1.21 bits per heavy atom. The number of aromatic nitrogens is 6.